The third kappa shape index (κ3) is 2.62. The third-order valence-corrected chi connectivity index (χ3v) is 4.12. The van der Waals surface area contributed by atoms with E-state index in [4.69, 9.17) is 9.72 Å². The van der Waals surface area contributed by atoms with Crippen LogP contribution in [0.2, 0.25) is 0 Å². The number of fused-ring (bicyclic) bond motifs is 1. The fraction of sp³-hybridized carbons (Fsp3) is 0.438. The van der Waals surface area contributed by atoms with Crippen molar-refractivity contribution in [2.24, 2.45) is 0 Å². The Hall–Kier alpha value is -1.29. The first-order valence-corrected chi connectivity index (χ1v) is 7.82. The molecule has 1 aromatic carbocycles. The summed E-state index contributed by atoms with van der Waals surface area (Å²) in [6, 6.07) is 3.98. The summed E-state index contributed by atoms with van der Waals surface area (Å²) < 4.78 is 6.54. The minimum absolute atomic E-state index is 0.865. The van der Waals surface area contributed by atoms with Gasteiger partial charge >= 0.3 is 0 Å². The van der Waals surface area contributed by atoms with Gasteiger partial charge < -0.3 is 10.1 Å². The van der Waals surface area contributed by atoms with Gasteiger partial charge in [-0.3, -0.25) is 4.98 Å². The molecular weight excluding hydrogens is 316 g/mol. The molecule has 0 spiro atoms. The average Bonchev–Trinajstić information content (AvgIpc) is 2.45. The number of anilines is 1. The second kappa shape index (κ2) is 6.44. The van der Waals surface area contributed by atoms with Crippen LogP contribution in [-0.2, 0) is 6.42 Å². The molecule has 0 bridgehead atoms. The normalized spacial score (nSPS) is 10.8. The summed E-state index contributed by atoms with van der Waals surface area (Å²) in [5.41, 5.74) is 4.46. The highest BCUT2D eigenvalue weighted by atomic mass is 79.9. The van der Waals surface area contributed by atoms with Crippen molar-refractivity contribution in [1.82, 2.24) is 4.98 Å². The highest BCUT2D eigenvalue weighted by Crippen LogP contribution is 2.38. The Bertz CT molecular complexity index is 626. The summed E-state index contributed by atoms with van der Waals surface area (Å²) in [7, 11) is 1.71. The number of rotatable bonds is 5. The van der Waals surface area contributed by atoms with Gasteiger partial charge in [0.05, 0.1) is 23.7 Å². The van der Waals surface area contributed by atoms with E-state index in [1.54, 1.807) is 7.11 Å². The van der Waals surface area contributed by atoms with E-state index in [0.717, 1.165) is 51.9 Å². The zero-order valence-corrected chi connectivity index (χ0v) is 14.1. The van der Waals surface area contributed by atoms with Crippen molar-refractivity contribution >= 4 is 32.5 Å². The lowest BCUT2D eigenvalue weighted by atomic mass is 10.0. The van der Waals surface area contributed by atoms with E-state index >= 15 is 0 Å². The first kappa shape index (κ1) is 15.1. The number of pyridine rings is 1. The first-order valence-electron chi connectivity index (χ1n) is 7.03. The van der Waals surface area contributed by atoms with Crippen LogP contribution < -0.4 is 10.1 Å². The van der Waals surface area contributed by atoms with E-state index < -0.39 is 0 Å². The SMILES string of the molecule is CCCNc1c(CC)c(C)nc2c(Br)ccc(OC)c12. The maximum atomic E-state index is 5.54. The van der Waals surface area contributed by atoms with E-state index in [9.17, 15) is 0 Å². The van der Waals surface area contributed by atoms with E-state index in [1.165, 1.54) is 5.56 Å². The number of nitrogens with one attached hydrogen (secondary N) is 1. The van der Waals surface area contributed by atoms with E-state index in [0.29, 0.717) is 0 Å². The van der Waals surface area contributed by atoms with E-state index in [1.807, 2.05) is 12.1 Å². The molecule has 0 aliphatic rings. The molecule has 20 heavy (non-hydrogen) atoms. The lowest BCUT2D eigenvalue weighted by Gasteiger charge is -2.18. The number of benzene rings is 1. The van der Waals surface area contributed by atoms with E-state index in [2.05, 4.69) is 42.0 Å². The third-order valence-electron chi connectivity index (χ3n) is 3.48. The van der Waals surface area contributed by atoms with Crippen molar-refractivity contribution in [3.63, 3.8) is 0 Å². The molecule has 0 saturated heterocycles. The molecule has 0 aliphatic carbocycles. The molecule has 3 nitrogen and oxygen atoms in total. The molecule has 0 amide bonds. The van der Waals surface area contributed by atoms with Gasteiger partial charge in [0.1, 0.15) is 5.75 Å². The van der Waals surface area contributed by atoms with Crippen LogP contribution >= 0.6 is 15.9 Å². The van der Waals surface area contributed by atoms with Crippen molar-refractivity contribution < 1.29 is 4.74 Å². The molecule has 0 unspecified atom stereocenters. The van der Waals surface area contributed by atoms with Crippen LogP contribution in [0.1, 0.15) is 31.5 Å². The predicted molar refractivity (Wildman–Crippen MR) is 88.9 cm³/mol. The fourth-order valence-corrected chi connectivity index (χ4v) is 2.93. The van der Waals surface area contributed by atoms with Gasteiger partial charge in [0.15, 0.2) is 0 Å². The van der Waals surface area contributed by atoms with Crippen molar-refractivity contribution in [2.45, 2.75) is 33.6 Å². The van der Waals surface area contributed by atoms with Gasteiger partial charge in [-0.15, -0.1) is 0 Å². The number of ether oxygens (including phenoxy) is 1. The molecule has 2 rings (SSSR count). The van der Waals surface area contributed by atoms with Gasteiger partial charge in [0, 0.05) is 16.7 Å². The highest BCUT2D eigenvalue weighted by molar-refractivity contribution is 9.10. The number of halogens is 1. The first-order chi connectivity index (χ1) is 9.63. The van der Waals surface area contributed by atoms with Gasteiger partial charge in [-0.1, -0.05) is 13.8 Å². The minimum Gasteiger partial charge on any atom is -0.496 e. The molecule has 1 aromatic heterocycles. The number of methoxy groups -OCH3 is 1. The quantitative estimate of drug-likeness (QED) is 0.859. The second-order valence-electron chi connectivity index (χ2n) is 4.80. The minimum atomic E-state index is 0.865. The molecule has 0 aliphatic heterocycles. The number of hydrogen-bond donors (Lipinski definition) is 1. The maximum absolute atomic E-state index is 5.54. The van der Waals surface area contributed by atoms with Crippen LogP contribution in [0.25, 0.3) is 10.9 Å². The summed E-state index contributed by atoms with van der Waals surface area (Å²) in [5, 5.41) is 4.63. The van der Waals surface area contributed by atoms with Crippen LogP contribution in [0.3, 0.4) is 0 Å². The average molecular weight is 337 g/mol. The smallest absolute Gasteiger partial charge is 0.130 e. The highest BCUT2D eigenvalue weighted by Gasteiger charge is 2.16. The molecule has 0 radical (unpaired) electrons. The standard InChI is InChI=1S/C16H21BrN2O/c1-5-9-18-15-11(6-2)10(3)19-16-12(17)7-8-13(20-4)14(15)16/h7-8H,5-6,9H2,1-4H3,(H,18,19). The van der Waals surface area contributed by atoms with Crippen LogP contribution in [0.5, 0.6) is 5.75 Å². The number of aromatic nitrogens is 1. The van der Waals surface area contributed by atoms with Crippen LogP contribution in [-0.4, -0.2) is 18.6 Å². The second-order valence-corrected chi connectivity index (χ2v) is 5.66. The predicted octanol–water partition coefficient (Wildman–Crippen LogP) is 4.70. The Kier molecular flexibility index (Phi) is 4.86. The fourth-order valence-electron chi connectivity index (χ4n) is 2.51. The molecule has 0 fully saturated rings. The van der Waals surface area contributed by atoms with E-state index in [-0.39, 0.29) is 0 Å². The Labute approximate surface area is 128 Å². The molecule has 1 N–H and O–H groups in total. The van der Waals surface area contributed by atoms with Crippen LogP contribution in [0.4, 0.5) is 5.69 Å². The van der Waals surface area contributed by atoms with Crippen molar-refractivity contribution in [2.75, 3.05) is 19.0 Å². The number of hydrogen-bond acceptors (Lipinski definition) is 3. The Balaban J connectivity index is 2.82. The van der Waals surface area contributed by atoms with Crippen molar-refractivity contribution in [1.29, 1.82) is 0 Å². The molecule has 108 valence electrons. The molecule has 0 saturated carbocycles. The van der Waals surface area contributed by atoms with Crippen LogP contribution in [0.15, 0.2) is 16.6 Å². The largest absolute Gasteiger partial charge is 0.496 e. The van der Waals surface area contributed by atoms with Gasteiger partial charge in [-0.25, -0.2) is 0 Å². The maximum Gasteiger partial charge on any atom is 0.130 e. The van der Waals surface area contributed by atoms with Gasteiger partial charge in [-0.05, 0) is 53.4 Å². The van der Waals surface area contributed by atoms with Gasteiger partial charge in [0.2, 0.25) is 0 Å². The lowest BCUT2D eigenvalue weighted by molar-refractivity contribution is 0.420. The number of nitrogens with zero attached hydrogens (tertiary/aromatic N) is 1. The summed E-state index contributed by atoms with van der Waals surface area (Å²) in [6.45, 7) is 7.35. The molecule has 1 heterocycles. The molecular formula is C16H21BrN2O. The molecule has 0 atom stereocenters. The Morgan fingerprint density at radius 1 is 1.30 bits per heavy atom. The Morgan fingerprint density at radius 2 is 2.05 bits per heavy atom. The Morgan fingerprint density at radius 3 is 2.65 bits per heavy atom. The molecule has 4 heteroatoms. The summed E-state index contributed by atoms with van der Waals surface area (Å²) >= 11 is 3.60. The van der Waals surface area contributed by atoms with Crippen molar-refractivity contribution in [3.8, 4) is 5.75 Å². The monoisotopic (exact) mass is 336 g/mol. The zero-order valence-electron chi connectivity index (χ0n) is 12.5. The summed E-state index contributed by atoms with van der Waals surface area (Å²) in [6.07, 6.45) is 2.04. The lowest BCUT2D eigenvalue weighted by Crippen LogP contribution is -2.07. The van der Waals surface area contributed by atoms with Crippen molar-refractivity contribution in [3.05, 3.63) is 27.9 Å². The van der Waals surface area contributed by atoms with Gasteiger partial charge in [-0.2, -0.15) is 0 Å². The van der Waals surface area contributed by atoms with Crippen LogP contribution in [0, 0.1) is 6.92 Å². The topological polar surface area (TPSA) is 34.2 Å². The summed E-state index contributed by atoms with van der Waals surface area (Å²) in [5.74, 6) is 0.865. The van der Waals surface area contributed by atoms with Gasteiger partial charge in [0.25, 0.3) is 0 Å². The summed E-state index contributed by atoms with van der Waals surface area (Å²) in [4.78, 5) is 4.76. The molecule has 2 aromatic rings. The zero-order chi connectivity index (χ0) is 14.7. The number of aryl methyl sites for hydroxylation is 1.